The van der Waals surface area contributed by atoms with E-state index in [1.807, 2.05) is 55.7 Å². The van der Waals surface area contributed by atoms with Gasteiger partial charge in [-0.3, -0.25) is 14.4 Å². The predicted octanol–water partition coefficient (Wildman–Crippen LogP) is 8.55. The molecule has 4 atom stereocenters. The van der Waals surface area contributed by atoms with Crippen LogP contribution in [0, 0.1) is 17.3 Å². The normalized spacial score (nSPS) is 20.2. The number of methoxy groups -OCH3 is 2. The molecule has 1 saturated carbocycles. The number of imidazole rings is 2. The number of Topliss-reactive ketones (excluding diaryl/α,β-unsaturated/α-hetero) is 1. The van der Waals surface area contributed by atoms with Gasteiger partial charge in [0.25, 0.3) is 0 Å². The Morgan fingerprint density at radius 3 is 1.63 bits per heavy atom. The van der Waals surface area contributed by atoms with Crippen LogP contribution in [0.3, 0.4) is 0 Å². The van der Waals surface area contributed by atoms with E-state index < -0.39 is 29.7 Å². The second-order valence-corrected chi connectivity index (χ2v) is 19.2. The van der Waals surface area contributed by atoms with Crippen molar-refractivity contribution < 1.29 is 33.4 Å². The van der Waals surface area contributed by atoms with Crippen LogP contribution in [-0.2, 0) is 25.5 Å². The Kier molecular flexibility index (Phi) is 11.9. The lowest BCUT2D eigenvalue weighted by Crippen LogP contribution is -2.51. The Bertz CT molecular complexity index is 2680. The van der Waals surface area contributed by atoms with E-state index in [1.165, 1.54) is 14.2 Å². The van der Waals surface area contributed by atoms with Gasteiger partial charge in [-0.2, -0.15) is 0 Å². The first-order valence-corrected chi connectivity index (χ1v) is 23.3. The van der Waals surface area contributed by atoms with Crippen LogP contribution >= 0.6 is 0 Å². The fourth-order valence-corrected chi connectivity index (χ4v) is 11.0. The van der Waals surface area contributed by atoms with Gasteiger partial charge in [-0.25, -0.2) is 19.6 Å². The number of nitrogens with one attached hydrogen (secondary N) is 4. The van der Waals surface area contributed by atoms with Gasteiger partial charge in [-0.05, 0) is 109 Å². The number of hydrogen-bond donors (Lipinski definition) is 4. The number of fused-ring (bicyclic) bond motifs is 3. The molecule has 2 aromatic heterocycles. The molecule has 1 spiro atoms. The Labute approximate surface area is 378 Å². The molecule has 4 amide bonds. The molecule has 3 fully saturated rings. The third kappa shape index (κ3) is 8.00. The first-order chi connectivity index (χ1) is 31.3. The zero-order chi connectivity index (χ0) is 45.7. The second-order valence-electron chi connectivity index (χ2n) is 19.2. The number of carbonyl (C=O) groups excluding carboxylic acids is 5. The number of hydrogen-bond acceptors (Lipinski definition) is 9. The number of ketones is 1. The number of aromatic amines is 2. The van der Waals surface area contributed by atoms with E-state index in [1.54, 1.807) is 0 Å². The minimum Gasteiger partial charge on any atom is -0.453 e. The molecule has 2 aliphatic carbocycles. The molecule has 2 aliphatic heterocycles. The van der Waals surface area contributed by atoms with E-state index in [0.717, 1.165) is 113 Å². The quantitative estimate of drug-likeness (QED) is 0.106. The van der Waals surface area contributed by atoms with E-state index in [2.05, 4.69) is 50.9 Å². The van der Waals surface area contributed by atoms with Crippen molar-refractivity contribution in [1.29, 1.82) is 0 Å². The van der Waals surface area contributed by atoms with Gasteiger partial charge in [0, 0.05) is 24.1 Å². The average molecular weight is 885 g/mol. The van der Waals surface area contributed by atoms with Crippen molar-refractivity contribution in [2.75, 3.05) is 27.3 Å². The van der Waals surface area contributed by atoms with Crippen molar-refractivity contribution in [2.45, 2.75) is 116 Å². The van der Waals surface area contributed by atoms with Crippen molar-refractivity contribution in [1.82, 2.24) is 40.4 Å². The molecule has 3 aromatic carbocycles. The van der Waals surface area contributed by atoms with Gasteiger partial charge in [0.1, 0.15) is 23.7 Å². The number of rotatable bonds is 10. The van der Waals surface area contributed by atoms with Gasteiger partial charge in [0.05, 0.1) is 48.4 Å². The first-order valence-electron chi connectivity index (χ1n) is 23.3. The third-order valence-corrected chi connectivity index (χ3v) is 14.5. The minimum atomic E-state index is -0.727. The van der Waals surface area contributed by atoms with E-state index in [-0.39, 0.29) is 41.5 Å². The van der Waals surface area contributed by atoms with Crippen LogP contribution in [0.1, 0.15) is 125 Å². The Morgan fingerprint density at radius 1 is 0.677 bits per heavy atom. The summed E-state index contributed by atoms with van der Waals surface area (Å²) in [5.41, 5.74) is 8.51. The predicted molar refractivity (Wildman–Crippen MR) is 246 cm³/mol. The molecule has 342 valence electrons. The summed E-state index contributed by atoms with van der Waals surface area (Å²) in [6.45, 7) is 8.74. The molecule has 4 heterocycles. The molecule has 15 heteroatoms. The SMILES string of the molecule is COC(=O)N[C@H](C(=O)N1CCCC1c1nc2ccc(-c3ccc(-c4ccc5nc(C6CCCN6C(=O)[C@@H](NC(=O)OC)C(C)C)[nH]c5c4)c4c3CC3(CCCCC3)C4=O)cc2[nH]1)C(C)C. The Balaban J connectivity index is 1.04. The van der Waals surface area contributed by atoms with Crippen molar-refractivity contribution in [2.24, 2.45) is 17.3 Å². The zero-order valence-corrected chi connectivity index (χ0v) is 38.2. The van der Waals surface area contributed by atoms with E-state index in [9.17, 15) is 24.0 Å². The molecular weight excluding hydrogens is 825 g/mol. The van der Waals surface area contributed by atoms with Crippen molar-refractivity contribution in [3.05, 3.63) is 71.3 Å². The fourth-order valence-electron chi connectivity index (χ4n) is 11.0. The molecule has 4 aliphatic rings. The summed E-state index contributed by atoms with van der Waals surface area (Å²) in [5.74, 6) is 1.04. The summed E-state index contributed by atoms with van der Waals surface area (Å²) in [5, 5.41) is 5.45. The van der Waals surface area contributed by atoms with E-state index in [4.69, 9.17) is 19.4 Å². The highest BCUT2D eigenvalue weighted by atomic mass is 16.5. The van der Waals surface area contributed by atoms with Crippen molar-refractivity contribution in [3.8, 4) is 22.3 Å². The van der Waals surface area contributed by atoms with Gasteiger partial charge < -0.3 is 39.9 Å². The van der Waals surface area contributed by atoms with Crippen LogP contribution < -0.4 is 10.6 Å². The molecule has 4 N–H and O–H groups in total. The lowest BCUT2D eigenvalue weighted by molar-refractivity contribution is -0.136. The highest BCUT2D eigenvalue weighted by Crippen LogP contribution is 2.52. The summed E-state index contributed by atoms with van der Waals surface area (Å²) in [7, 11) is 2.58. The number of aromatic nitrogens is 4. The number of carbonyl (C=O) groups is 5. The minimum absolute atomic E-state index is 0.135. The maximum absolute atomic E-state index is 14.9. The molecule has 0 bridgehead atoms. The maximum Gasteiger partial charge on any atom is 0.407 e. The van der Waals surface area contributed by atoms with Gasteiger partial charge >= 0.3 is 12.2 Å². The summed E-state index contributed by atoms with van der Waals surface area (Å²) >= 11 is 0. The standard InChI is InChI=1S/C50H60N8O7/c1-27(2)41(55-48(62)64-5)46(60)57-22-10-12-38(57)44-51-34-18-14-29(24-36(34)53-44)31-16-17-32(40-33(31)26-50(43(40)59)20-8-7-9-21-50)30-15-19-35-37(25-30)54-45(52-35)39-13-11-23-58(39)47(61)42(28(3)4)56-49(63)65-6/h14-19,24-25,27-28,38-39,41-42H,7-13,20-23,26H2,1-6H3,(H,51,53)(H,52,54)(H,55,62)(H,56,63)/t38?,39?,41-,42-/m0/s1. The van der Waals surface area contributed by atoms with Gasteiger partial charge in [0.15, 0.2) is 5.78 Å². The van der Waals surface area contributed by atoms with Crippen molar-refractivity contribution >= 4 is 51.9 Å². The summed E-state index contributed by atoms with van der Waals surface area (Å²) in [4.78, 5) is 87.6. The molecule has 5 aromatic rings. The number of likely N-dealkylation sites (tertiary alicyclic amines) is 2. The van der Waals surface area contributed by atoms with Crippen LogP contribution in [-0.4, -0.2) is 98.9 Å². The first kappa shape index (κ1) is 44.0. The number of alkyl carbamates (subject to hydrolysis) is 2. The van der Waals surface area contributed by atoms with Crippen LogP contribution in [0.5, 0.6) is 0 Å². The number of benzene rings is 3. The smallest absolute Gasteiger partial charge is 0.407 e. The second kappa shape index (κ2) is 17.6. The Morgan fingerprint density at radius 2 is 1.15 bits per heavy atom. The lowest BCUT2D eigenvalue weighted by Gasteiger charge is -2.31. The molecular formula is C50H60N8O7. The van der Waals surface area contributed by atoms with Crippen LogP contribution in [0.25, 0.3) is 44.3 Å². The number of amides is 4. The Hall–Kier alpha value is -6.25. The van der Waals surface area contributed by atoms with Crippen molar-refractivity contribution in [3.63, 3.8) is 0 Å². The topological polar surface area (TPSA) is 192 Å². The highest BCUT2D eigenvalue weighted by molar-refractivity contribution is 6.12. The molecule has 0 radical (unpaired) electrons. The van der Waals surface area contributed by atoms with E-state index >= 15 is 0 Å². The van der Waals surface area contributed by atoms with Gasteiger partial charge in [-0.1, -0.05) is 71.2 Å². The molecule has 2 saturated heterocycles. The van der Waals surface area contributed by atoms with Gasteiger partial charge in [0.2, 0.25) is 11.8 Å². The maximum atomic E-state index is 14.9. The van der Waals surface area contributed by atoms with Crippen LogP contribution in [0.15, 0.2) is 48.5 Å². The lowest BCUT2D eigenvalue weighted by atomic mass is 9.71. The van der Waals surface area contributed by atoms with Crippen LogP contribution in [0.2, 0.25) is 0 Å². The zero-order valence-electron chi connectivity index (χ0n) is 38.2. The fraction of sp³-hybridized carbons (Fsp3) is 0.500. The number of ether oxygens (including phenoxy) is 2. The molecule has 65 heavy (non-hydrogen) atoms. The van der Waals surface area contributed by atoms with E-state index in [0.29, 0.717) is 31.2 Å². The highest BCUT2D eigenvalue weighted by Gasteiger charge is 2.48. The summed E-state index contributed by atoms with van der Waals surface area (Å²) < 4.78 is 9.63. The number of nitrogens with zero attached hydrogens (tertiary/aromatic N) is 4. The van der Waals surface area contributed by atoms with Gasteiger partial charge in [-0.15, -0.1) is 0 Å². The molecule has 9 rings (SSSR count). The molecule has 2 unspecified atom stereocenters. The summed E-state index contributed by atoms with van der Waals surface area (Å²) in [6.07, 6.45) is 7.49. The molecule has 15 nitrogen and oxygen atoms in total. The summed E-state index contributed by atoms with van der Waals surface area (Å²) in [6, 6.07) is 14.5. The largest absolute Gasteiger partial charge is 0.453 e. The third-order valence-electron chi connectivity index (χ3n) is 14.5. The van der Waals surface area contributed by atoms with Crippen LogP contribution in [0.4, 0.5) is 9.59 Å². The number of H-pyrrole nitrogens is 2. The average Bonchev–Trinajstić information content (AvgIpc) is 4.16. The monoisotopic (exact) mass is 884 g/mol.